The molecule has 2 heterocycles. The standard InChI is InChI=1S/C26H31ClN4O3S2/c1-19-24(25(32)30-36(33,34)18-22-8-5-14-28-16-22)29-26(35-19)31(15-13-20-6-3-2-4-7-20)17-21-9-11-23(27)12-10-21/h5,8-12,14,16,20H,2-4,6-7,13,15,17-18H2,1H3,(H,30,32). The number of anilines is 1. The van der Waals surface area contributed by atoms with Crippen LogP contribution in [0.2, 0.25) is 5.02 Å². The second kappa shape index (κ2) is 12.2. The molecule has 0 spiro atoms. The first-order chi connectivity index (χ1) is 17.3. The molecule has 10 heteroatoms. The van der Waals surface area contributed by atoms with Crippen molar-refractivity contribution in [3.8, 4) is 0 Å². The molecule has 2 aromatic heterocycles. The summed E-state index contributed by atoms with van der Waals surface area (Å²) in [5.74, 6) is -0.335. The van der Waals surface area contributed by atoms with E-state index in [1.807, 2.05) is 24.3 Å². The van der Waals surface area contributed by atoms with E-state index in [2.05, 4.69) is 19.6 Å². The van der Waals surface area contributed by atoms with E-state index in [1.165, 1.54) is 49.6 Å². The molecule has 0 radical (unpaired) electrons. The van der Waals surface area contributed by atoms with Gasteiger partial charge < -0.3 is 4.90 Å². The van der Waals surface area contributed by atoms with Crippen LogP contribution in [0.5, 0.6) is 0 Å². The predicted molar refractivity (Wildman–Crippen MR) is 145 cm³/mol. The number of aryl methyl sites for hydroxylation is 1. The van der Waals surface area contributed by atoms with Crippen LogP contribution in [0.3, 0.4) is 0 Å². The van der Waals surface area contributed by atoms with Gasteiger partial charge in [0, 0.05) is 35.4 Å². The molecule has 36 heavy (non-hydrogen) atoms. The first kappa shape index (κ1) is 26.6. The second-order valence-corrected chi connectivity index (χ2v) is 12.6. The minimum Gasteiger partial charge on any atom is -0.344 e. The van der Waals surface area contributed by atoms with Gasteiger partial charge in [0.25, 0.3) is 5.91 Å². The maximum atomic E-state index is 12.9. The fourth-order valence-corrected chi connectivity index (χ4v) is 6.64. The molecular weight excluding hydrogens is 516 g/mol. The van der Waals surface area contributed by atoms with Crippen LogP contribution in [0, 0.1) is 12.8 Å². The third kappa shape index (κ3) is 7.51. The Bertz CT molecular complexity index is 1260. The Labute approximate surface area is 222 Å². The first-order valence-corrected chi connectivity index (χ1v) is 15.0. The highest BCUT2D eigenvalue weighted by molar-refractivity contribution is 7.89. The molecule has 1 aromatic carbocycles. The molecule has 7 nitrogen and oxygen atoms in total. The van der Waals surface area contributed by atoms with Crippen LogP contribution >= 0.6 is 22.9 Å². The Morgan fingerprint density at radius 2 is 1.89 bits per heavy atom. The molecule has 0 atom stereocenters. The van der Waals surface area contributed by atoms with E-state index in [1.54, 1.807) is 25.3 Å². The van der Waals surface area contributed by atoms with Crippen molar-refractivity contribution >= 4 is 44.0 Å². The number of amides is 1. The van der Waals surface area contributed by atoms with E-state index in [-0.39, 0.29) is 11.4 Å². The summed E-state index contributed by atoms with van der Waals surface area (Å²) in [4.78, 5) is 24.3. The van der Waals surface area contributed by atoms with Crippen LogP contribution in [0.15, 0.2) is 48.8 Å². The maximum absolute atomic E-state index is 12.9. The van der Waals surface area contributed by atoms with Gasteiger partial charge in [0.15, 0.2) is 5.13 Å². The van der Waals surface area contributed by atoms with E-state index in [4.69, 9.17) is 11.6 Å². The number of rotatable bonds is 10. The normalized spacial score (nSPS) is 14.5. The van der Waals surface area contributed by atoms with E-state index in [0.717, 1.165) is 18.5 Å². The maximum Gasteiger partial charge on any atom is 0.284 e. The molecule has 1 amide bonds. The summed E-state index contributed by atoms with van der Waals surface area (Å²) < 4.78 is 27.3. The van der Waals surface area contributed by atoms with Gasteiger partial charge in [0.05, 0.1) is 5.75 Å². The van der Waals surface area contributed by atoms with Crippen LogP contribution in [0.25, 0.3) is 0 Å². The Balaban J connectivity index is 1.50. The molecule has 0 bridgehead atoms. The number of nitrogens with zero attached hydrogens (tertiary/aromatic N) is 3. The van der Waals surface area contributed by atoms with Crippen LogP contribution in [-0.4, -0.2) is 30.8 Å². The van der Waals surface area contributed by atoms with Gasteiger partial charge in [-0.15, -0.1) is 11.3 Å². The fourth-order valence-electron chi connectivity index (χ4n) is 4.52. The quantitative estimate of drug-likeness (QED) is 0.349. The lowest BCUT2D eigenvalue weighted by molar-refractivity contribution is 0.0976. The highest BCUT2D eigenvalue weighted by atomic mass is 35.5. The fraction of sp³-hybridized carbons (Fsp3) is 0.423. The molecule has 1 aliphatic carbocycles. The zero-order chi connectivity index (χ0) is 25.5. The monoisotopic (exact) mass is 546 g/mol. The van der Waals surface area contributed by atoms with Crippen LogP contribution in [-0.2, 0) is 22.3 Å². The topological polar surface area (TPSA) is 92.3 Å². The van der Waals surface area contributed by atoms with Crippen molar-refractivity contribution < 1.29 is 13.2 Å². The predicted octanol–water partition coefficient (Wildman–Crippen LogP) is 5.74. The number of pyridine rings is 1. The number of benzene rings is 1. The van der Waals surface area contributed by atoms with Gasteiger partial charge in [-0.2, -0.15) is 0 Å². The molecule has 1 saturated carbocycles. The summed E-state index contributed by atoms with van der Waals surface area (Å²) in [5, 5.41) is 1.40. The van der Waals surface area contributed by atoms with E-state index >= 15 is 0 Å². The number of carbonyl (C=O) groups is 1. The lowest BCUT2D eigenvalue weighted by atomic mass is 9.87. The van der Waals surface area contributed by atoms with Crippen LogP contribution < -0.4 is 9.62 Å². The van der Waals surface area contributed by atoms with Crippen LogP contribution in [0.4, 0.5) is 5.13 Å². The average Bonchev–Trinajstić information content (AvgIpc) is 3.25. The number of halogens is 1. The van der Waals surface area contributed by atoms with Crippen molar-refractivity contribution in [2.75, 3.05) is 11.4 Å². The minimum absolute atomic E-state index is 0.142. The number of hydrogen-bond donors (Lipinski definition) is 1. The van der Waals surface area contributed by atoms with Gasteiger partial charge in [0.2, 0.25) is 10.0 Å². The summed E-state index contributed by atoms with van der Waals surface area (Å²) in [5.41, 5.74) is 1.75. The lowest BCUT2D eigenvalue weighted by Gasteiger charge is -2.27. The summed E-state index contributed by atoms with van der Waals surface area (Å²) in [6.07, 6.45) is 10.5. The van der Waals surface area contributed by atoms with Gasteiger partial charge in [-0.1, -0.05) is 61.9 Å². The highest BCUT2D eigenvalue weighted by Gasteiger charge is 2.24. The molecule has 1 aliphatic rings. The summed E-state index contributed by atoms with van der Waals surface area (Å²) >= 11 is 7.48. The molecule has 0 aliphatic heterocycles. The average molecular weight is 547 g/mol. The number of thiazole rings is 1. The van der Waals surface area contributed by atoms with Crippen molar-refractivity contribution in [3.05, 3.63) is 75.5 Å². The van der Waals surface area contributed by atoms with Crippen molar-refractivity contribution in [1.29, 1.82) is 0 Å². The number of nitrogens with one attached hydrogen (secondary N) is 1. The SMILES string of the molecule is Cc1sc(N(CCC2CCCCC2)Cc2ccc(Cl)cc2)nc1C(=O)NS(=O)(=O)Cc1cccnc1. The van der Waals surface area contributed by atoms with Gasteiger partial charge in [-0.25, -0.2) is 18.1 Å². The van der Waals surface area contributed by atoms with Crippen molar-refractivity contribution in [1.82, 2.24) is 14.7 Å². The summed E-state index contributed by atoms with van der Waals surface area (Å²) in [7, 11) is -3.89. The first-order valence-electron chi connectivity index (χ1n) is 12.2. The van der Waals surface area contributed by atoms with E-state index in [0.29, 0.717) is 33.1 Å². The smallest absolute Gasteiger partial charge is 0.284 e. The molecular formula is C26H31ClN4O3S2. The molecule has 4 rings (SSSR count). The Morgan fingerprint density at radius 3 is 2.58 bits per heavy atom. The number of aromatic nitrogens is 2. The third-order valence-electron chi connectivity index (χ3n) is 6.42. The number of hydrogen-bond acceptors (Lipinski definition) is 7. The van der Waals surface area contributed by atoms with Crippen molar-refractivity contribution in [3.63, 3.8) is 0 Å². The van der Waals surface area contributed by atoms with Gasteiger partial charge in [-0.3, -0.25) is 9.78 Å². The van der Waals surface area contributed by atoms with Gasteiger partial charge >= 0.3 is 0 Å². The molecule has 192 valence electrons. The zero-order valence-corrected chi connectivity index (χ0v) is 22.7. The second-order valence-electron chi connectivity index (χ2n) is 9.29. The lowest BCUT2D eigenvalue weighted by Crippen LogP contribution is -2.32. The molecule has 0 saturated heterocycles. The third-order valence-corrected chi connectivity index (χ3v) is 8.91. The Kier molecular flexibility index (Phi) is 8.98. The van der Waals surface area contributed by atoms with E-state index < -0.39 is 15.9 Å². The summed E-state index contributed by atoms with van der Waals surface area (Å²) in [6.45, 7) is 3.25. The molecule has 0 unspecified atom stereocenters. The molecule has 1 N–H and O–H groups in total. The minimum atomic E-state index is -3.89. The van der Waals surface area contributed by atoms with Gasteiger partial charge in [0.1, 0.15) is 5.69 Å². The molecule has 3 aromatic rings. The largest absolute Gasteiger partial charge is 0.344 e. The highest BCUT2D eigenvalue weighted by Crippen LogP contribution is 2.31. The number of carbonyl (C=O) groups excluding carboxylic acids is 1. The Morgan fingerprint density at radius 1 is 1.14 bits per heavy atom. The van der Waals surface area contributed by atoms with Crippen molar-refractivity contribution in [2.45, 2.75) is 57.7 Å². The Hall–Kier alpha value is -2.49. The summed E-state index contributed by atoms with van der Waals surface area (Å²) in [6, 6.07) is 11.0. The van der Waals surface area contributed by atoms with Crippen LogP contribution in [0.1, 0.15) is 65.0 Å². The molecule has 1 fully saturated rings. The zero-order valence-electron chi connectivity index (χ0n) is 20.3. The number of sulfonamides is 1. The van der Waals surface area contributed by atoms with Crippen molar-refractivity contribution in [2.24, 2.45) is 5.92 Å². The van der Waals surface area contributed by atoms with E-state index in [9.17, 15) is 13.2 Å². The van der Waals surface area contributed by atoms with Gasteiger partial charge in [-0.05, 0) is 48.6 Å².